The maximum atomic E-state index is 5.70. The first kappa shape index (κ1) is 10.1. The summed E-state index contributed by atoms with van der Waals surface area (Å²) in [5, 5.41) is 0.501. The highest BCUT2D eigenvalue weighted by atomic mass is 35.5. The number of nitrogens with two attached hydrogens (primary N) is 1. The number of hydrogen-bond donors (Lipinski definition) is 1. The van der Waals surface area contributed by atoms with Crippen LogP contribution in [0.25, 0.3) is 0 Å². The molecular formula is C8H11ClN2O2. The first-order chi connectivity index (χ1) is 6.24. The van der Waals surface area contributed by atoms with Crippen molar-refractivity contribution < 1.29 is 9.47 Å². The van der Waals surface area contributed by atoms with Crippen LogP contribution in [0.4, 0.5) is 5.82 Å². The number of hydrogen-bond acceptors (Lipinski definition) is 4. The molecule has 0 aliphatic rings. The van der Waals surface area contributed by atoms with E-state index in [2.05, 4.69) is 4.98 Å². The van der Waals surface area contributed by atoms with E-state index in [0.29, 0.717) is 29.8 Å². The first-order valence-electron chi connectivity index (χ1n) is 3.77. The van der Waals surface area contributed by atoms with E-state index in [4.69, 9.17) is 26.8 Å². The minimum absolute atomic E-state index is 0.334. The van der Waals surface area contributed by atoms with Crippen molar-refractivity contribution in [2.75, 3.05) is 26.1 Å². The SMILES string of the molecule is COCCOc1cc(Cl)cnc1N. The third-order valence-corrected chi connectivity index (χ3v) is 1.60. The Bertz CT molecular complexity index is 281. The second kappa shape index (κ2) is 4.89. The van der Waals surface area contributed by atoms with Crippen LogP contribution in [0.15, 0.2) is 12.3 Å². The maximum Gasteiger partial charge on any atom is 0.166 e. The lowest BCUT2D eigenvalue weighted by Gasteiger charge is -2.07. The van der Waals surface area contributed by atoms with E-state index in [1.165, 1.54) is 6.20 Å². The summed E-state index contributed by atoms with van der Waals surface area (Å²) in [4.78, 5) is 3.84. The molecule has 2 N–H and O–H groups in total. The highest BCUT2D eigenvalue weighted by Crippen LogP contribution is 2.22. The Balaban J connectivity index is 2.59. The van der Waals surface area contributed by atoms with Gasteiger partial charge in [0.05, 0.1) is 11.6 Å². The molecule has 1 rings (SSSR count). The van der Waals surface area contributed by atoms with E-state index in [9.17, 15) is 0 Å². The van der Waals surface area contributed by atoms with Gasteiger partial charge in [-0.05, 0) is 0 Å². The Morgan fingerprint density at radius 1 is 1.54 bits per heavy atom. The van der Waals surface area contributed by atoms with E-state index in [1.54, 1.807) is 13.2 Å². The standard InChI is InChI=1S/C8H11ClN2O2/c1-12-2-3-13-7-4-6(9)5-11-8(7)10/h4-5H,2-3H2,1H3,(H2,10,11). The molecule has 0 radical (unpaired) electrons. The molecule has 0 saturated heterocycles. The van der Waals surface area contributed by atoms with Crippen LogP contribution in [0.1, 0.15) is 0 Å². The Labute approximate surface area is 81.6 Å². The molecule has 1 heterocycles. The molecule has 72 valence electrons. The fraction of sp³-hybridized carbons (Fsp3) is 0.375. The van der Waals surface area contributed by atoms with Crippen molar-refractivity contribution in [1.29, 1.82) is 0 Å². The number of nitrogens with zero attached hydrogens (tertiary/aromatic N) is 1. The van der Waals surface area contributed by atoms with Crippen LogP contribution in [0.2, 0.25) is 5.02 Å². The number of aromatic nitrogens is 1. The number of methoxy groups -OCH3 is 1. The Morgan fingerprint density at radius 2 is 2.31 bits per heavy atom. The highest BCUT2D eigenvalue weighted by molar-refractivity contribution is 6.30. The predicted octanol–water partition coefficient (Wildman–Crippen LogP) is 1.34. The van der Waals surface area contributed by atoms with Gasteiger partial charge in [0.2, 0.25) is 0 Å². The van der Waals surface area contributed by atoms with Gasteiger partial charge >= 0.3 is 0 Å². The fourth-order valence-electron chi connectivity index (χ4n) is 0.782. The van der Waals surface area contributed by atoms with Crippen LogP contribution in [-0.2, 0) is 4.74 Å². The molecule has 1 aromatic rings. The molecular weight excluding hydrogens is 192 g/mol. The molecule has 0 aromatic carbocycles. The van der Waals surface area contributed by atoms with Gasteiger partial charge in [0, 0.05) is 19.4 Å². The lowest BCUT2D eigenvalue weighted by atomic mass is 10.4. The first-order valence-corrected chi connectivity index (χ1v) is 4.14. The van der Waals surface area contributed by atoms with Crippen molar-refractivity contribution in [2.45, 2.75) is 0 Å². The lowest BCUT2D eigenvalue weighted by Crippen LogP contribution is -2.06. The Kier molecular flexibility index (Phi) is 3.79. The molecule has 0 unspecified atom stereocenters. The largest absolute Gasteiger partial charge is 0.487 e. The van der Waals surface area contributed by atoms with Crippen molar-refractivity contribution in [3.63, 3.8) is 0 Å². The zero-order valence-electron chi connectivity index (χ0n) is 7.29. The number of halogens is 1. The van der Waals surface area contributed by atoms with E-state index < -0.39 is 0 Å². The zero-order chi connectivity index (χ0) is 9.68. The van der Waals surface area contributed by atoms with Gasteiger partial charge in [-0.1, -0.05) is 11.6 Å². The van der Waals surface area contributed by atoms with Gasteiger partial charge in [0.1, 0.15) is 6.61 Å². The summed E-state index contributed by atoms with van der Waals surface area (Å²) in [5.74, 6) is 0.824. The molecule has 4 nitrogen and oxygen atoms in total. The van der Waals surface area contributed by atoms with Crippen molar-refractivity contribution in [3.8, 4) is 5.75 Å². The molecule has 0 saturated carbocycles. The monoisotopic (exact) mass is 202 g/mol. The smallest absolute Gasteiger partial charge is 0.166 e. The normalized spacial score (nSPS) is 10.0. The minimum Gasteiger partial charge on any atom is -0.487 e. The predicted molar refractivity (Wildman–Crippen MR) is 51.0 cm³/mol. The quantitative estimate of drug-likeness (QED) is 0.749. The van der Waals surface area contributed by atoms with E-state index >= 15 is 0 Å². The average Bonchev–Trinajstić information content (AvgIpc) is 2.11. The van der Waals surface area contributed by atoms with Gasteiger partial charge in [0.25, 0.3) is 0 Å². The number of nitrogen functional groups attached to an aromatic ring is 1. The average molecular weight is 203 g/mol. The number of rotatable bonds is 4. The molecule has 0 aliphatic heterocycles. The molecule has 1 aromatic heterocycles. The van der Waals surface area contributed by atoms with E-state index in [0.717, 1.165) is 0 Å². The Morgan fingerprint density at radius 3 is 3.00 bits per heavy atom. The van der Waals surface area contributed by atoms with Crippen LogP contribution < -0.4 is 10.5 Å². The van der Waals surface area contributed by atoms with E-state index in [-0.39, 0.29) is 0 Å². The summed E-state index contributed by atoms with van der Waals surface area (Å²) in [6, 6.07) is 1.62. The van der Waals surface area contributed by atoms with Crippen molar-refractivity contribution in [1.82, 2.24) is 4.98 Å². The molecule has 13 heavy (non-hydrogen) atoms. The molecule has 0 aliphatic carbocycles. The van der Waals surface area contributed by atoms with Crippen molar-refractivity contribution in [3.05, 3.63) is 17.3 Å². The molecule has 0 amide bonds. The summed E-state index contributed by atoms with van der Waals surface area (Å²) in [7, 11) is 1.60. The van der Waals surface area contributed by atoms with Crippen LogP contribution in [0.3, 0.4) is 0 Å². The topological polar surface area (TPSA) is 57.4 Å². The summed E-state index contributed by atoms with van der Waals surface area (Å²) in [6.07, 6.45) is 1.47. The number of pyridine rings is 1. The van der Waals surface area contributed by atoms with Gasteiger partial charge in [-0.15, -0.1) is 0 Å². The second-order valence-corrected chi connectivity index (χ2v) is 2.81. The van der Waals surface area contributed by atoms with Crippen LogP contribution in [0, 0.1) is 0 Å². The van der Waals surface area contributed by atoms with Crippen molar-refractivity contribution >= 4 is 17.4 Å². The van der Waals surface area contributed by atoms with Gasteiger partial charge in [0.15, 0.2) is 11.6 Å². The summed E-state index contributed by atoms with van der Waals surface area (Å²) in [6.45, 7) is 0.939. The maximum absolute atomic E-state index is 5.70. The lowest BCUT2D eigenvalue weighted by molar-refractivity contribution is 0.146. The van der Waals surface area contributed by atoms with Gasteiger partial charge in [-0.2, -0.15) is 0 Å². The molecule has 0 fully saturated rings. The third kappa shape index (κ3) is 3.08. The van der Waals surface area contributed by atoms with Crippen molar-refractivity contribution in [2.24, 2.45) is 0 Å². The zero-order valence-corrected chi connectivity index (χ0v) is 8.04. The third-order valence-electron chi connectivity index (χ3n) is 1.39. The number of anilines is 1. The molecule has 0 bridgehead atoms. The molecule has 0 atom stereocenters. The van der Waals surface area contributed by atoms with Crippen LogP contribution >= 0.6 is 11.6 Å². The molecule has 5 heteroatoms. The highest BCUT2D eigenvalue weighted by Gasteiger charge is 2.01. The van der Waals surface area contributed by atoms with Crippen LogP contribution in [-0.4, -0.2) is 25.3 Å². The van der Waals surface area contributed by atoms with Crippen LogP contribution in [0.5, 0.6) is 5.75 Å². The minimum atomic E-state index is 0.334. The summed E-state index contributed by atoms with van der Waals surface area (Å²) < 4.78 is 10.1. The van der Waals surface area contributed by atoms with Gasteiger partial charge < -0.3 is 15.2 Å². The summed E-state index contributed by atoms with van der Waals surface area (Å²) >= 11 is 5.70. The fourth-order valence-corrected chi connectivity index (χ4v) is 0.930. The number of ether oxygens (including phenoxy) is 2. The second-order valence-electron chi connectivity index (χ2n) is 2.38. The summed E-state index contributed by atoms with van der Waals surface area (Å²) in [5.41, 5.74) is 5.54. The van der Waals surface area contributed by atoms with Gasteiger partial charge in [-0.25, -0.2) is 4.98 Å². The van der Waals surface area contributed by atoms with Gasteiger partial charge in [-0.3, -0.25) is 0 Å². The van der Waals surface area contributed by atoms with E-state index in [1.807, 2.05) is 0 Å². The molecule has 0 spiro atoms. The Hall–Kier alpha value is -1.00.